The molecule has 1 saturated heterocycles. The van der Waals surface area contributed by atoms with Crippen LogP contribution in [0.3, 0.4) is 0 Å². The van der Waals surface area contributed by atoms with Crippen LogP contribution in [-0.4, -0.2) is 39.0 Å². The number of urea groups is 1. The van der Waals surface area contributed by atoms with Crippen molar-refractivity contribution in [3.8, 4) is 0 Å². The van der Waals surface area contributed by atoms with Crippen LogP contribution in [0.2, 0.25) is 0 Å². The fourth-order valence-corrected chi connectivity index (χ4v) is 3.20. The first-order valence-corrected chi connectivity index (χ1v) is 8.38. The van der Waals surface area contributed by atoms with E-state index in [9.17, 15) is 13.6 Å². The van der Waals surface area contributed by atoms with E-state index in [2.05, 4.69) is 15.6 Å². The zero-order valence-electron chi connectivity index (χ0n) is 14.0. The largest absolute Gasteiger partial charge is 0.331 e. The molecule has 1 N–H and O–H groups in total. The number of aromatic nitrogens is 3. The molecule has 1 aliphatic heterocycles. The van der Waals surface area contributed by atoms with Crippen LogP contribution in [0.15, 0.2) is 30.6 Å². The Kier molecular flexibility index (Phi) is 5.25. The van der Waals surface area contributed by atoms with Crippen molar-refractivity contribution in [2.45, 2.75) is 32.4 Å². The molecule has 2 heterocycles. The van der Waals surface area contributed by atoms with Gasteiger partial charge in [0.15, 0.2) is 11.6 Å². The molecule has 134 valence electrons. The molecular weight excluding hydrogens is 328 g/mol. The molecule has 0 spiro atoms. The van der Waals surface area contributed by atoms with Gasteiger partial charge in [-0.1, -0.05) is 17.3 Å². The number of amides is 2. The van der Waals surface area contributed by atoms with Crippen LogP contribution in [0.25, 0.3) is 0 Å². The van der Waals surface area contributed by atoms with Crippen LogP contribution >= 0.6 is 0 Å². The Bertz CT molecular complexity index is 722. The van der Waals surface area contributed by atoms with Crippen LogP contribution in [0.1, 0.15) is 31.4 Å². The number of carbonyl (C=O) groups is 1. The molecule has 1 aromatic carbocycles. The Hall–Kier alpha value is -2.51. The number of likely N-dealkylation sites (tertiary alicyclic amines) is 1. The van der Waals surface area contributed by atoms with E-state index in [4.69, 9.17) is 0 Å². The quantitative estimate of drug-likeness (QED) is 0.923. The lowest BCUT2D eigenvalue weighted by Crippen LogP contribution is -2.47. The van der Waals surface area contributed by atoms with Crippen molar-refractivity contribution in [2.75, 3.05) is 13.1 Å². The Balaban J connectivity index is 1.59. The van der Waals surface area contributed by atoms with E-state index in [1.165, 1.54) is 12.1 Å². The maximum absolute atomic E-state index is 13.9. The molecule has 2 atom stereocenters. The minimum atomic E-state index is -0.919. The molecule has 0 aliphatic carbocycles. The number of hydrogen-bond acceptors (Lipinski definition) is 3. The normalized spacial score (nSPS) is 18.8. The molecule has 1 aliphatic rings. The topological polar surface area (TPSA) is 63.1 Å². The fourth-order valence-electron chi connectivity index (χ4n) is 3.20. The highest BCUT2D eigenvalue weighted by Crippen LogP contribution is 2.21. The SMILES string of the molecule is C[C@@H](NC(=O)N1CCC[C@H](Cn2ccnn2)C1)c1cccc(F)c1F. The minimum Gasteiger partial charge on any atom is -0.331 e. The molecule has 8 heteroatoms. The summed E-state index contributed by atoms with van der Waals surface area (Å²) >= 11 is 0. The second kappa shape index (κ2) is 7.58. The number of nitrogens with one attached hydrogen (secondary N) is 1. The van der Waals surface area contributed by atoms with E-state index in [1.807, 2.05) is 0 Å². The Morgan fingerprint density at radius 2 is 2.28 bits per heavy atom. The molecule has 2 amide bonds. The maximum atomic E-state index is 13.9. The van der Waals surface area contributed by atoms with Gasteiger partial charge in [0, 0.05) is 31.4 Å². The molecule has 2 aromatic rings. The third-order valence-corrected chi connectivity index (χ3v) is 4.51. The van der Waals surface area contributed by atoms with E-state index >= 15 is 0 Å². The van der Waals surface area contributed by atoms with Gasteiger partial charge in [0.1, 0.15) is 0 Å². The standard InChI is InChI=1S/C17H21F2N5O/c1-12(14-5-2-6-15(18)16(14)19)21-17(25)23-8-3-4-13(10-23)11-24-9-7-20-22-24/h2,5-7,9,12-13H,3-4,8,10-11H2,1H3,(H,21,25)/t12-,13+/m1/s1. The third kappa shape index (κ3) is 4.12. The number of piperidine rings is 1. The monoisotopic (exact) mass is 349 g/mol. The van der Waals surface area contributed by atoms with E-state index in [1.54, 1.807) is 28.9 Å². The first-order chi connectivity index (χ1) is 12.0. The molecule has 25 heavy (non-hydrogen) atoms. The average Bonchev–Trinajstić information content (AvgIpc) is 3.10. The van der Waals surface area contributed by atoms with Gasteiger partial charge in [-0.2, -0.15) is 0 Å². The van der Waals surface area contributed by atoms with Crippen LogP contribution in [0.4, 0.5) is 13.6 Å². The summed E-state index contributed by atoms with van der Waals surface area (Å²) in [6.45, 7) is 3.60. The summed E-state index contributed by atoms with van der Waals surface area (Å²) in [5.41, 5.74) is 0.143. The molecule has 1 aromatic heterocycles. The number of benzene rings is 1. The summed E-state index contributed by atoms with van der Waals surface area (Å²) in [5.74, 6) is -1.54. The van der Waals surface area contributed by atoms with Crippen molar-refractivity contribution in [3.05, 3.63) is 47.8 Å². The van der Waals surface area contributed by atoms with Gasteiger partial charge in [-0.15, -0.1) is 5.10 Å². The molecular formula is C17H21F2N5O. The lowest BCUT2D eigenvalue weighted by atomic mass is 9.98. The highest BCUT2D eigenvalue weighted by Gasteiger charge is 2.26. The third-order valence-electron chi connectivity index (χ3n) is 4.51. The minimum absolute atomic E-state index is 0.143. The van der Waals surface area contributed by atoms with Crippen molar-refractivity contribution in [1.82, 2.24) is 25.2 Å². The Labute approximate surface area is 144 Å². The number of hydrogen-bond donors (Lipinski definition) is 1. The lowest BCUT2D eigenvalue weighted by molar-refractivity contribution is 0.155. The average molecular weight is 349 g/mol. The van der Waals surface area contributed by atoms with Crippen molar-refractivity contribution < 1.29 is 13.6 Å². The van der Waals surface area contributed by atoms with E-state index < -0.39 is 17.7 Å². The highest BCUT2D eigenvalue weighted by molar-refractivity contribution is 5.74. The molecule has 0 radical (unpaired) electrons. The van der Waals surface area contributed by atoms with Crippen LogP contribution in [0, 0.1) is 17.6 Å². The van der Waals surface area contributed by atoms with Gasteiger partial charge in [0.05, 0.1) is 12.2 Å². The lowest BCUT2D eigenvalue weighted by Gasteiger charge is -2.33. The van der Waals surface area contributed by atoms with E-state index in [0.29, 0.717) is 25.6 Å². The van der Waals surface area contributed by atoms with Gasteiger partial charge in [-0.05, 0) is 31.7 Å². The predicted molar refractivity (Wildman–Crippen MR) is 87.6 cm³/mol. The fraction of sp³-hybridized carbons (Fsp3) is 0.471. The van der Waals surface area contributed by atoms with Gasteiger partial charge in [-0.25, -0.2) is 13.6 Å². The van der Waals surface area contributed by atoms with Crippen molar-refractivity contribution in [1.29, 1.82) is 0 Å². The van der Waals surface area contributed by atoms with Gasteiger partial charge in [-0.3, -0.25) is 4.68 Å². The number of carbonyl (C=O) groups excluding carboxylic acids is 1. The summed E-state index contributed by atoms with van der Waals surface area (Å²) in [6, 6.07) is 3.10. The van der Waals surface area contributed by atoms with Crippen LogP contribution in [-0.2, 0) is 6.54 Å². The van der Waals surface area contributed by atoms with E-state index in [-0.39, 0.29) is 11.6 Å². The number of nitrogens with zero attached hydrogens (tertiary/aromatic N) is 4. The van der Waals surface area contributed by atoms with Crippen LogP contribution < -0.4 is 5.32 Å². The Morgan fingerprint density at radius 1 is 1.44 bits per heavy atom. The molecule has 6 nitrogen and oxygen atoms in total. The molecule has 3 rings (SSSR count). The first-order valence-electron chi connectivity index (χ1n) is 8.38. The molecule has 0 bridgehead atoms. The second-order valence-corrected chi connectivity index (χ2v) is 6.39. The van der Waals surface area contributed by atoms with Gasteiger partial charge in [0.25, 0.3) is 0 Å². The van der Waals surface area contributed by atoms with Crippen LogP contribution in [0.5, 0.6) is 0 Å². The van der Waals surface area contributed by atoms with Gasteiger partial charge < -0.3 is 10.2 Å². The summed E-state index contributed by atoms with van der Waals surface area (Å²) < 4.78 is 29.0. The summed E-state index contributed by atoms with van der Waals surface area (Å²) in [6.07, 6.45) is 5.34. The summed E-state index contributed by atoms with van der Waals surface area (Å²) in [4.78, 5) is 14.2. The van der Waals surface area contributed by atoms with Crippen molar-refractivity contribution >= 4 is 6.03 Å². The zero-order chi connectivity index (χ0) is 17.8. The molecule has 0 saturated carbocycles. The number of rotatable bonds is 4. The molecule has 0 unspecified atom stereocenters. The predicted octanol–water partition coefficient (Wildman–Crippen LogP) is 2.74. The maximum Gasteiger partial charge on any atom is 0.317 e. The smallest absolute Gasteiger partial charge is 0.317 e. The summed E-state index contributed by atoms with van der Waals surface area (Å²) in [5, 5.41) is 10.5. The van der Waals surface area contributed by atoms with E-state index in [0.717, 1.165) is 18.9 Å². The Morgan fingerprint density at radius 3 is 3.04 bits per heavy atom. The van der Waals surface area contributed by atoms with Gasteiger partial charge in [0.2, 0.25) is 0 Å². The molecule has 1 fully saturated rings. The summed E-state index contributed by atoms with van der Waals surface area (Å²) in [7, 11) is 0. The number of halogens is 2. The van der Waals surface area contributed by atoms with Crippen molar-refractivity contribution in [2.24, 2.45) is 5.92 Å². The second-order valence-electron chi connectivity index (χ2n) is 6.39. The first kappa shape index (κ1) is 17.3. The van der Waals surface area contributed by atoms with Gasteiger partial charge >= 0.3 is 6.03 Å². The highest BCUT2D eigenvalue weighted by atomic mass is 19.2. The zero-order valence-corrected chi connectivity index (χ0v) is 14.0. The van der Waals surface area contributed by atoms with Crippen molar-refractivity contribution in [3.63, 3.8) is 0 Å².